The maximum atomic E-state index is 11.9. The molecule has 2 amide bonds. The molecule has 2 N–H and O–H groups in total. The van der Waals surface area contributed by atoms with Crippen LogP contribution in [-0.4, -0.2) is 33.6 Å². The number of nitrogens with zero attached hydrogens (tertiary/aromatic N) is 1. The van der Waals surface area contributed by atoms with Crippen molar-refractivity contribution in [2.24, 2.45) is 0 Å². The lowest BCUT2D eigenvalue weighted by Crippen LogP contribution is -2.31. The molecule has 0 fully saturated rings. The molecule has 0 aliphatic rings. The number of amides is 2. The van der Waals surface area contributed by atoms with Gasteiger partial charge >= 0.3 is 0 Å². The number of hydrogen-bond donors (Lipinski definition) is 2. The van der Waals surface area contributed by atoms with Gasteiger partial charge in [0.25, 0.3) is 0 Å². The molecule has 0 aliphatic heterocycles. The van der Waals surface area contributed by atoms with Crippen LogP contribution in [0.15, 0.2) is 42.6 Å². The van der Waals surface area contributed by atoms with Gasteiger partial charge in [0.15, 0.2) is 0 Å². The molecule has 20 heavy (non-hydrogen) atoms. The first-order chi connectivity index (χ1) is 9.54. The number of hydrogen-bond acceptors (Lipinski definition) is 4. The van der Waals surface area contributed by atoms with Gasteiger partial charge in [0.05, 0.1) is 6.42 Å². The molecule has 0 atom stereocenters. The van der Waals surface area contributed by atoms with Gasteiger partial charge in [-0.3, -0.25) is 9.59 Å². The molecule has 1 aromatic rings. The normalized spacial score (nSPS) is 9.90. The summed E-state index contributed by atoms with van der Waals surface area (Å²) in [5.41, 5.74) is 1.12. The summed E-state index contributed by atoms with van der Waals surface area (Å²) in [7, 11) is 0. The Morgan fingerprint density at radius 2 is 2.00 bits per heavy atom. The van der Waals surface area contributed by atoms with E-state index >= 15 is 0 Å². The summed E-state index contributed by atoms with van der Waals surface area (Å²) in [4.78, 5) is 24.7. The van der Waals surface area contributed by atoms with E-state index in [1.807, 2.05) is 18.2 Å². The average molecular weight is 294 g/mol. The van der Waals surface area contributed by atoms with Gasteiger partial charge in [-0.2, -0.15) is 0 Å². The Labute approximate surface area is 122 Å². The summed E-state index contributed by atoms with van der Waals surface area (Å²) in [6, 6.07) is 9.08. The fourth-order valence-corrected chi connectivity index (χ4v) is 1.94. The van der Waals surface area contributed by atoms with Crippen LogP contribution in [0.4, 0.5) is 5.69 Å². The fourth-order valence-electron chi connectivity index (χ4n) is 1.68. The van der Waals surface area contributed by atoms with E-state index in [9.17, 15) is 9.59 Å². The summed E-state index contributed by atoms with van der Waals surface area (Å²) in [6.45, 7) is 5.50. The van der Waals surface area contributed by atoms with Gasteiger partial charge in [-0.15, -0.1) is 0 Å². The van der Waals surface area contributed by atoms with Crippen molar-refractivity contribution in [1.29, 1.82) is 0 Å². The maximum absolute atomic E-state index is 11.9. The Kier molecular flexibility index (Phi) is 6.83. The summed E-state index contributed by atoms with van der Waals surface area (Å²) in [5.74, 6) is -0.0560. The molecule has 0 radical (unpaired) electrons. The zero-order valence-electron chi connectivity index (χ0n) is 11.3. The molecule has 6 heteroatoms. The molecule has 0 aromatic heterocycles. The number of para-hydroxylation sites is 1. The molecule has 0 saturated carbocycles. The molecular formula is C14H18N2O3S. The lowest BCUT2D eigenvalue weighted by Gasteiger charge is -2.22. The summed E-state index contributed by atoms with van der Waals surface area (Å²) >= 11 is 0.651. The summed E-state index contributed by atoms with van der Waals surface area (Å²) < 4.78 is 8.73. The second-order valence-electron chi connectivity index (χ2n) is 4.16. The van der Waals surface area contributed by atoms with Crippen molar-refractivity contribution in [2.75, 3.05) is 17.6 Å². The van der Waals surface area contributed by atoms with Gasteiger partial charge in [-0.05, 0) is 24.2 Å². The predicted molar refractivity (Wildman–Crippen MR) is 81.3 cm³/mol. The van der Waals surface area contributed by atoms with Crippen molar-refractivity contribution in [2.45, 2.75) is 13.3 Å². The first-order valence-electron chi connectivity index (χ1n) is 6.11. The Balaban J connectivity index is 2.54. The highest BCUT2D eigenvalue weighted by Crippen LogP contribution is 2.11. The van der Waals surface area contributed by atoms with Crippen LogP contribution in [0.2, 0.25) is 0 Å². The quantitative estimate of drug-likeness (QED) is 0.758. The van der Waals surface area contributed by atoms with Gasteiger partial charge in [-0.25, -0.2) is 0 Å². The lowest BCUT2D eigenvalue weighted by molar-refractivity contribution is -0.127. The molecule has 0 unspecified atom stereocenters. The number of nitrogens with one attached hydrogen (secondary N) is 1. The molecule has 1 rings (SSSR count). The number of benzene rings is 1. The summed E-state index contributed by atoms with van der Waals surface area (Å²) in [6.07, 6.45) is 0.0323. The Hall–Kier alpha value is -1.79. The van der Waals surface area contributed by atoms with Crippen molar-refractivity contribution >= 4 is 29.5 Å². The summed E-state index contributed by atoms with van der Waals surface area (Å²) in [5, 5.41) is 2.73. The first kappa shape index (κ1) is 16.3. The van der Waals surface area contributed by atoms with Gasteiger partial charge in [0.1, 0.15) is 0 Å². The van der Waals surface area contributed by atoms with Crippen molar-refractivity contribution in [3.63, 3.8) is 0 Å². The van der Waals surface area contributed by atoms with Gasteiger partial charge in [-0.1, -0.05) is 24.8 Å². The minimum atomic E-state index is -0.232. The highest BCUT2D eigenvalue weighted by molar-refractivity contribution is 7.93. The number of rotatable bonds is 7. The standard InChI is InChI=1S/C14H18N2O3S/c1-11(16(12(2)17)8-9-20-19)10-14(18)15-13-6-4-3-5-7-13/h3-7,19H,1,8-10H2,2H3,(H,15,18). The van der Waals surface area contributed by atoms with Gasteiger partial charge in [0.2, 0.25) is 11.8 Å². The van der Waals surface area contributed by atoms with E-state index in [0.29, 0.717) is 35.7 Å². The number of anilines is 1. The van der Waals surface area contributed by atoms with Crippen LogP contribution in [0.5, 0.6) is 0 Å². The SMILES string of the molecule is C=C(CC(=O)Nc1ccccc1)N(CCSO)C(C)=O. The molecule has 5 nitrogen and oxygen atoms in total. The third kappa shape index (κ3) is 5.46. The molecule has 0 heterocycles. The molecular weight excluding hydrogens is 276 g/mol. The molecule has 108 valence electrons. The third-order valence-corrected chi connectivity index (χ3v) is 2.96. The van der Waals surface area contributed by atoms with E-state index in [1.165, 1.54) is 11.8 Å². The van der Waals surface area contributed by atoms with Crippen LogP contribution >= 0.6 is 12.0 Å². The minimum Gasteiger partial charge on any atom is -0.330 e. The largest absolute Gasteiger partial charge is 0.330 e. The Morgan fingerprint density at radius 1 is 1.35 bits per heavy atom. The molecule has 0 spiro atoms. The zero-order valence-corrected chi connectivity index (χ0v) is 12.2. The van der Waals surface area contributed by atoms with E-state index in [0.717, 1.165) is 0 Å². The second-order valence-corrected chi connectivity index (χ2v) is 4.83. The van der Waals surface area contributed by atoms with Crippen LogP contribution in [0.1, 0.15) is 13.3 Å². The van der Waals surface area contributed by atoms with Crippen LogP contribution in [-0.2, 0) is 9.59 Å². The molecule has 0 bridgehead atoms. The highest BCUT2D eigenvalue weighted by atomic mass is 32.2. The number of carbonyl (C=O) groups is 2. The van der Waals surface area contributed by atoms with Crippen LogP contribution in [0.3, 0.4) is 0 Å². The maximum Gasteiger partial charge on any atom is 0.230 e. The number of carbonyl (C=O) groups excluding carboxylic acids is 2. The average Bonchev–Trinajstić information content (AvgIpc) is 2.39. The van der Waals surface area contributed by atoms with E-state index in [4.69, 9.17) is 4.55 Å². The minimum absolute atomic E-state index is 0.0323. The van der Waals surface area contributed by atoms with Crippen LogP contribution in [0.25, 0.3) is 0 Å². The molecule has 0 aliphatic carbocycles. The van der Waals surface area contributed by atoms with E-state index in [-0.39, 0.29) is 18.2 Å². The first-order valence-corrected chi connectivity index (χ1v) is 7.06. The van der Waals surface area contributed by atoms with Crippen molar-refractivity contribution in [3.8, 4) is 0 Å². The van der Waals surface area contributed by atoms with Crippen molar-refractivity contribution in [3.05, 3.63) is 42.6 Å². The van der Waals surface area contributed by atoms with E-state index < -0.39 is 0 Å². The lowest BCUT2D eigenvalue weighted by atomic mass is 10.2. The van der Waals surface area contributed by atoms with Crippen molar-refractivity contribution < 1.29 is 14.1 Å². The third-order valence-electron chi connectivity index (χ3n) is 2.59. The van der Waals surface area contributed by atoms with Gasteiger partial charge in [0, 0.05) is 30.6 Å². The Morgan fingerprint density at radius 3 is 2.55 bits per heavy atom. The smallest absolute Gasteiger partial charge is 0.230 e. The van der Waals surface area contributed by atoms with Crippen LogP contribution in [0, 0.1) is 0 Å². The second kappa shape index (κ2) is 8.39. The monoisotopic (exact) mass is 294 g/mol. The topological polar surface area (TPSA) is 69.6 Å². The van der Waals surface area contributed by atoms with E-state index in [2.05, 4.69) is 11.9 Å². The van der Waals surface area contributed by atoms with Crippen molar-refractivity contribution in [1.82, 2.24) is 4.90 Å². The van der Waals surface area contributed by atoms with Gasteiger partial charge < -0.3 is 14.8 Å². The Bertz CT molecular complexity index is 477. The fraction of sp³-hybridized carbons (Fsp3) is 0.286. The molecule has 0 saturated heterocycles. The highest BCUT2D eigenvalue weighted by Gasteiger charge is 2.15. The van der Waals surface area contributed by atoms with Crippen LogP contribution < -0.4 is 5.32 Å². The zero-order chi connectivity index (χ0) is 15.0. The molecule has 1 aromatic carbocycles. The van der Waals surface area contributed by atoms with E-state index in [1.54, 1.807) is 12.1 Å². The predicted octanol–water partition coefficient (Wildman–Crippen LogP) is 2.58.